The summed E-state index contributed by atoms with van der Waals surface area (Å²) in [7, 11) is -3.77. The molecule has 5 nitrogen and oxygen atoms in total. The molecule has 0 aliphatic carbocycles. The van der Waals surface area contributed by atoms with Crippen LogP contribution in [-0.2, 0) is 14.8 Å². The number of benzene rings is 2. The Labute approximate surface area is 174 Å². The Kier molecular flexibility index (Phi) is 6.31. The molecule has 0 bridgehead atoms. The minimum atomic E-state index is -3.77. The number of halogens is 2. The van der Waals surface area contributed by atoms with Crippen molar-refractivity contribution in [1.29, 1.82) is 0 Å². The topological polar surface area (TPSA) is 66.5 Å². The minimum absolute atomic E-state index is 0.0179. The van der Waals surface area contributed by atoms with E-state index in [1.165, 1.54) is 22.5 Å². The summed E-state index contributed by atoms with van der Waals surface area (Å²) in [6.07, 6.45) is 6.20. The van der Waals surface area contributed by atoms with Crippen molar-refractivity contribution in [2.45, 2.75) is 17.7 Å². The molecule has 2 aromatic rings. The van der Waals surface area contributed by atoms with Crippen molar-refractivity contribution in [3.8, 4) is 12.3 Å². The number of sulfonamides is 1. The monoisotopic (exact) mass is 436 g/mol. The number of hydrogen-bond donors (Lipinski definition) is 1. The van der Waals surface area contributed by atoms with Crippen molar-refractivity contribution in [3.63, 3.8) is 0 Å². The number of carbonyl (C=O) groups is 1. The van der Waals surface area contributed by atoms with Gasteiger partial charge in [-0.1, -0.05) is 35.2 Å². The highest BCUT2D eigenvalue weighted by molar-refractivity contribution is 7.89. The third-order valence-corrected chi connectivity index (χ3v) is 7.25. The number of terminal acetylenes is 1. The van der Waals surface area contributed by atoms with Crippen molar-refractivity contribution in [2.24, 2.45) is 5.92 Å². The summed E-state index contributed by atoms with van der Waals surface area (Å²) in [6, 6.07) is 11.4. The number of nitrogens with one attached hydrogen (secondary N) is 1. The zero-order valence-electron chi connectivity index (χ0n) is 14.9. The Bertz CT molecular complexity index is 1040. The summed E-state index contributed by atoms with van der Waals surface area (Å²) >= 11 is 12.0. The summed E-state index contributed by atoms with van der Waals surface area (Å²) in [5, 5.41) is 3.27. The van der Waals surface area contributed by atoms with Gasteiger partial charge in [0, 0.05) is 35.3 Å². The Morgan fingerprint density at radius 1 is 1.14 bits per heavy atom. The zero-order chi connectivity index (χ0) is 20.3. The van der Waals surface area contributed by atoms with E-state index in [9.17, 15) is 13.2 Å². The van der Waals surface area contributed by atoms with Crippen molar-refractivity contribution >= 4 is 44.8 Å². The molecule has 0 unspecified atom stereocenters. The van der Waals surface area contributed by atoms with E-state index in [4.69, 9.17) is 29.6 Å². The molecule has 1 fully saturated rings. The molecule has 1 amide bonds. The maximum absolute atomic E-state index is 12.9. The average molecular weight is 437 g/mol. The highest BCUT2D eigenvalue weighted by Crippen LogP contribution is 2.30. The second-order valence-electron chi connectivity index (χ2n) is 6.47. The van der Waals surface area contributed by atoms with Crippen LogP contribution in [0.5, 0.6) is 0 Å². The molecule has 1 N–H and O–H groups in total. The zero-order valence-corrected chi connectivity index (χ0v) is 17.2. The normalized spacial score (nSPS) is 15.8. The number of rotatable bonds is 4. The summed E-state index contributed by atoms with van der Waals surface area (Å²) in [4.78, 5) is 12.5. The lowest BCUT2D eigenvalue weighted by molar-refractivity contribution is -0.120. The lowest BCUT2D eigenvalue weighted by Crippen LogP contribution is -2.41. The average Bonchev–Trinajstić information content (AvgIpc) is 2.70. The minimum Gasteiger partial charge on any atom is -0.326 e. The van der Waals surface area contributed by atoms with Gasteiger partial charge in [0.2, 0.25) is 15.9 Å². The molecule has 0 saturated carbocycles. The molecule has 1 aliphatic heterocycles. The number of hydrogen-bond acceptors (Lipinski definition) is 3. The molecule has 1 heterocycles. The van der Waals surface area contributed by atoms with Crippen molar-refractivity contribution < 1.29 is 13.2 Å². The Hall–Kier alpha value is -2.04. The van der Waals surface area contributed by atoms with Crippen molar-refractivity contribution in [3.05, 3.63) is 58.1 Å². The van der Waals surface area contributed by atoms with Crippen LogP contribution in [0.3, 0.4) is 0 Å². The molecule has 8 heteroatoms. The van der Waals surface area contributed by atoms with Crippen LogP contribution in [-0.4, -0.2) is 31.7 Å². The van der Waals surface area contributed by atoms with Crippen LogP contribution in [0.2, 0.25) is 10.0 Å². The van der Waals surface area contributed by atoms with Gasteiger partial charge in [0.1, 0.15) is 4.90 Å². The maximum Gasteiger partial charge on any atom is 0.244 e. The van der Waals surface area contributed by atoms with E-state index in [0.29, 0.717) is 29.1 Å². The van der Waals surface area contributed by atoms with Crippen LogP contribution < -0.4 is 5.32 Å². The number of amides is 1. The van der Waals surface area contributed by atoms with Crippen LogP contribution in [0.1, 0.15) is 18.4 Å². The molecular formula is C20H18Cl2N2O3S. The molecule has 0 radical (unpaired) electrons. The molecule has 0 atom stereocenters. The predicted octanol–water partition coefficient (Wildman–Crippen LogP) is 4.01. The largest absolute Gasteiger partial charge is 0.326 e. The summed E-state index contributed by atoms with van der Waals surface area (Å²) in [5.41, 5.74) is 1.30. The van der Waals surface area contributed by atoms with E-state index >= 15 is 0 Å². The van der Waals surface area contributed by atoms with Gasteiger partial charge in [-0.25, -0.2) is 8.42 Å². The van der Waals surface area contributed by atoms with E-state index in [-0.39, 0.29) is 34.8 Å². The third kappa shape index (κ3) is 4.50. The Morgan fingerprint density at radius 2 is 1.86 bits per heavy atom. The first-order valence-corrected chi connectivity index (χ1v) is 10.8. The lowest BCUT2D eigenvalue weighted by Gasteiger charge is -2.30. The second kappa shape index (κ2) is 8.54. The number of piperidine rings is 1. The van der Waals surface area contributed by atoms with Crippen LogP contribution in [0.15, 0.2) is 47.4 Å². The maximum atomic E-state index is 12.9. The van der Waals surface area contributed by atoms with E-state index in [0.717, 1.165) is 0 Å². The first-order valence-electron chi connectivity index (χ1n) is 8.64. The summed E-state index contributed by atoms with van der Waals surface area (Å²) < 4.78 is 27.1. The summed E-state index contributed by atoms with van der Waals surface area (Å²) in [6.45, 7) is 0.460. The smallest absolute Gasteiger partial charge is 0.244 e. The van der Waals surface area contributed by atoms with Crippen LogP contribution >= 0.6 is 23.2 Å². The quantitative estimate of drug-likeness (QED) is 0.735. The number of carbonyl (C=O) groups excluding carboxylic acids is 1. The summed E-state index contributed by atoms with van der Waals surface area (Å²) in [5.74, 6) is 2.09. The van der Waals surface area contributed by atoms with Gasteiger partial charge in [-0.3, -0.25) is 4.79 Å². The molecule has 1 saturated heterocycles. The van der Waals surface area contributed by atoms with Gasteiger partial charge >= 0.3 is 0 Å². The second-order valence-corrected chi connectivity index (χ2v) is 9.22. The fourth-order valence-corrected chi connectivity index (χ4v) is 5.31. The molecule has 28 heavy (non-hydrogen) atoms. The molecule has 3 rings (SSSR count). The van der Waals surface area contributed by atoms with Gasteiger partial charge in [-0.05, 0) is 49.2 Å². The Morgan fingerprint density at radius 3 is 2.54 bits per heavy atom. The standard InChI is InChI=1S/C20H18Cl2N2O3S/c1-2-14-4-3-5-17(12-14)23-20(25)15-8-10-24(11-9-15)28(26,27)19-13-16(21)6-7-18(19)22/h1,3-7,12-13,15H,8-11H2,(H,23,25). The molecule has 1 aliphatic rings. The highest BCUT2D eigenvalue weighted by Gasteiger charge is 2.33. The first-order chi connectivity index (χ1) is 13.3. The van der Waals surface area contributed by atoms with Crippen molar-refractivity contribution in [2.75, 3.05) is 18.4 Å². The van der Waals surface area contributed by atoms with E-state index in [1.807, 2.05) is 0 Å². The SMILES string of the molecule is C#Cc1cccc(NC(=O)C2CCN(S(=O)(=O)c3cc(Cl)ccc3Cl)CC2)c1. The van der Waals surface area contributed by atoms with Gasteiger partial charge in [0.25, 0.3) is 0 Å². The van der Waals surface area contributed by atoms with Gasteiger partial charge in [-0.15, -0.1) is 6.42 Å². The van der Waals surface area contributed by atoms with E-state index in [2.05, 4.69) is 11.2 Å². The molecule has 146 valence electrons. The highest BCUT2D eigenvalue weighted by atomic mass is 35.5. The lowest BCUT2D eigenvalue weighted by atomic mass is 9.97. The molecule has 2 aromatic carbocycles. The van der Waals surface area contributed by atoms with E-state index in [1.54, 1.807) is 24.3 Å². The van der Waals surface area contributed by atoms with Crippen molar-refractivity contribution in [1.82, 2.24) is 4.31 Å². The number of anilines is 1. The van der Waals surface area contributed by atoms with Gasteiger partial charge in [0.05, 0.1) is 5.02 Å². The van der Waals surface area contributed by atoms with Crippen LogP contribution in [0.25, 0.3) is 0 Å². The number of nitrogens with zero attached hydrogens (tertiary/aromatic N) is 1. The van der Waals surface area contributed by atoms with Gasteiger partial charge in [0.15, 0.2) is 0 Å². The predicted molar refractivity (Wildman–Crippen MR) is 111 cm³/mol. The first kappa shape index (κ1) is 20.7. The van der Waals surface area contributed by atoms with E-state index < -0.39 is 10.0 Å². The Balaban J connectivity index is 1.66. The fourth-order valence-electron chi connectivity index (χ4n) is 3.10. The fraction of sp³-hybridized carbons (Fsp3) is 0.250. The van der Waals surface area contributed by atoms with Gasteiger partial charge < -0.3 is 5.32 Å². The van der Waals surface area contributed by atoms with Crippen LogP contribution in [0, 0.1) is 18.3 Å². The molecular weight excluding hydrogens is 419 g/mol. The van der Waals surface area contributed by atoms with Crippen LogP contribution in [0.4, 0.5) is 5.69 Å². The third-order valence-electron chi connectivity index (χ3n) is 4.63. The molecule has 0 spiro atoms. The van der Waals surface area contributed by atoms with Gasteiger partial charge in [-0.2, -0.15) is 4.31 Å². The molecule has 0 aromatic heterocycles.